The summed E-state index contributed by atoms with van der Waals surface area (Å²) < 4.78 is 17.2. The van der Waals surface area contributed by atoms with Gasteiger partial charge in [-0.15, -0.1) is 0 Å². The molecule has 7 heteroatoms. The van der Waals surface area contributed by atoms with Crippen molar-refractivity contribution in [2.24, 2.45) is 0 Å². The first-order valence-corrected chi connectivity index (χ1v) is 11.2. The fraction of sp³-hybridized carbons (Fsp3) is 0.583. The number of nitrogens with one attached hydrogen (secondary N) is 2. The van der Waals surface area contributed by atoms with Gasteiger partial charge in [-0.1, -0.05) is 25.3 Å². The number of hydrogen-bond acceptors (Lipinski definition) is 5. The molecule has 170 valence electrons. The van der Waals surface area contributed by atoms with Gasteiger partial charge in [-0.05, 0) is 64.2 Å². The molecular formula is C24H34N2O5. The van der Waals surface area contributed by atoms with E-state index in [-0.39, 0.29) is 24.2 Å². The molecule has 0 aromatic heterocycles. The number of esters is 1. The molecule has 0 unspecified atom stereocenters. The van der Waals surface area contributed by atoms with Gasteiger partial charge in [0.25, 0.3) is 0 Å². The Morgan fingerprint density at radius 1 is 1.06 bits per heavy atom. The van der Waals surface area contributed by atoms with Crippen LogP contribution in [0.4, 0.5) is 4.79 Å². The smallest absolute Gasteiger partial charge is 0.338 e. The minimum atomic E-state index is -0.628. The average Bonchev–Trinajstić information content (AvgIpc) is 2.69. The first-order valence-electron chi connectivity index (χ1n) is 11.2. The average molecular weight is 431 g/mol. The predicted molar refractivity (Wildman–Crippen MR) is 118 cm³/mol. The number of methoxy groups -OCH3 is 1. The Labute approximate surface area is 184 Å². The molecule has 2 aliphatic rings. The van der Waals surface area contributed by atoms with E-state index in [9.17, 15) is 9.59 Å². The summed E-state index contributed by atoms with van der Waals surface area (Å²) in [6.07, 6.45) is 7.45. The van der Waals surface area contributed by atoms with Crippen LogP contribution in [-0.2, 0) is 9.53 Å². The van der Waals surface area contributed by atoms with Crippen molar-refractivity contribution in [3.63, 3.8) is 0 Å². The van der Waals surface area contributed by atoms with Crippen LogP contribution in [0.15, 0.2) is 29.5 Å². The maximum atomic E-state index is 13.2. The molecule has 1 aliphatic heterocycles. The third-order valence-corrected chi connectivity index (χ3v) is 5.70. The van der Waals surface area contributed by atoms with Gasteiger partial charge in [0.1, 0.15) is 6.10 Å². The number of rotatable bonds is 6. The van der Waals surface area contributed by atoms with Gasteiger partial charge in [0, 0.05) is 5.70 Å². The molecule has 31 heavy (non-hydrogen) atoms. The molecule has 1 fully saturated rings. The standard InChI is InChI=1S/C24H34N2O5/c1-15(2)30-19-13-12-17(14-20(19)29-4)22-21(16(3)25-24(28)26-22)23(27)31-18-10-8-6-5-7-9-11-18/h12-15,18,22H,5-11H2,1-4H3,(H2,25,26,28)/t22-/m1/s1. The Hall–Kier alpha value is -2.70. The van der Waals surface area contributed by atoms with E-state index in [2.05, 4.69) is 10.6 Å². The van der Waals surface area contributed by atoms with Crippen molar-refractivity contribution >= 4 is 12.0 Å². The normalized spacial score (nSPS) is 20.4. The highest BCUT2D eigenvalue weighted by atomic mass is 16.5. The number of carbonyl (C=O) groups excluding carboxylic acids is 2. The van der Waals surface area contributed by atoms with Gasteiger partial charge in [0.05, 0.1) is 24.8 Å². The highest BCUT2D eigenvalue weighted by Gasteiger charge is 2.34. The third kappa shape index (κ3) is 5.93. The van der Waals surface area contributed by atoms with E-state index in [1.807, 2.05) is 19.9 Å². The predicted octanol–water partition coefficient (Wildman–Crippen LogP) is 4.77. The minimum Gasteiger partial charge on any atom is -0.493 e. The van der Waals surface area contributed by atoms with Crippen LogP contribution < -0.4 is 20.1 Å². The van der Waals surface area contributed by atoms with E-state index in [4.69, 9.17) is 14.2 Å². The molecule has 7 nitrogen and oxygen atoms in total. The number of carbonyl (C=O) groups is 2. The number of hydrogen-bond donors (Lipinski definition) is 2. The molecule has 0 radical (unpaired) electrons. The maximum Gasteiger partial charge on any atom is 0.338 e. The van der Waals surface area contributed by atoms with Crippen molar-refractivity contribution in [3.05, 3.63) is 35.0 Å². The number of urea groups is 1. The third-order valence-electron chi connectivity index (χ3n) is 5.70. The molecule has 1 aromatic rings. The lowest BCUT2D eigenvalue weighted by molar-refractivity contribution is -0.145. The second-order valence-corrected chi connectivity index (χ2v) is 8.52. The highest BCUT2D eigenvalue weighted by molar-refractivity contribution is 5.95. The Balaban J connectivity index is 1.86. The summed E-state index contributed by atoms with van der Waals surface area (Å²) >= 11 is 0. The zero-order valence-electron chi connectivity index (χ0n) is 19.0. The molecule has 0 bridgehead atoms. The number of amides is 2. The van der Waals surface area contributed by atoms with Gasteiger partial charge in [-0.25, -0.2) is 9.59 Å². The minimum absolute atomic E-state index is 0.00483. The highest BCUT2D eigenvalue weighted by Crippen LogP contribution is 2.35. The summed E-state index contributed by atoms with van der Waals surface area (Å²) in [6.45, 7) is 5.61. The fourth-order valence-corrected chi connectivity index (χ4v) is 4.18. The first-order chi connectivity index (χ1) is 14.9. The second-order valence-electron chi connectivity index (χ2n) is 8.52. The van der Waals surface area contributed by atoms with Gasteiger partial charge >= 0.3 is 12.0 Å². The van der Waals surface area contributed by atoms with Gasteiger partial charge in [0.2, 0.25) is 0 Å². The lowest BCUT2D eigenvalue weighted by Gasteiger charge is -2.30. The summed E-state index contributed by atoms with van der Waals surface area (Å²) in [5, 5.41) is 5.57. The quantitative estimate of drug-likeness (QED) is 0.635. The Kier molecular flexibility index (Phi) is 7.82. The van der Waals surface area contributed by atoms with Crippen LogP contribution in [0.5, 0.6) is 11.5 Å². The van der Waals surface area contributed by atoms with Gasteiger partial charge < -0.3 is 24.8 Å². The van der Waals surface area contributed by atoms with Crippen molar-refractivity contribution in [1.29, 1.82) is 0 Å². The molecule has 1 aliphatic carbocycles. The molecule has 0 saturated heterocycles. The molecule has 2 N–H and O–H groups in total. The Bertz CT molecular complexity index is 825. The SMILES string of the molecule is COc1cc([C@H]2NC(=O)NC(C)=C2C(=O)OC2CCCCCCC2)ccc1OC(C)C. The van der Waals surface area contributed by atoms with Crippen LogP contribution in [0.25, 0.3) is 0 Å². The van der Waals surface area contributed by atoms with E-state index in [0.717, 1.165) is 31.2 Å². The Morgan fingerprint density at radius 2 is 1.74 bits per heavy atom. The number of ether oxygens (including phenoxy) is 3. The molecule has 1 heterocycles. The summed E-state index contributed by atoms with van der Waals surface area (Å²) in [7, 11) is 1.57. The van der Waals surface area contributed by atoms with E-state index in [1.165, 1.54) is 19.3 Å². The van der Waals surface area contributed by atoms with Crippen LogP contribution in [0.2, 0.25) is 0 Å². The fourth-order valence-electron chi connectivity index (χ4n) is 4.18. The number of allylic oxidation sites excluding steroid dienone is 1. The summed E-state index contributed by atoms with van der Waals surface area (Å²) in [4.78, 5) is 25.4. The second kappa shape index (κ2) is 10.6. The monoisotopic (exact) mass is 430 g/mol. The largest absolute Gasteiger partial charge is 0.493 e. The van der Waals surface area contributed by atoms with Crippen LogP contribution >= 0.6 is 0 Å². The van der Waals surface area contributed by atoms with Crippen molar-refractivity contribution in [2.45, 2.75) is 84.0 Å². The lowest BCUT2D eigenvalue weighted by Crippen LogP contribution is -2.45. The summed E-state index contributed by atoms with van der Waals surface area (Å²) in [5.41, 5.74) is 1.65. The number of benzene rings is 1. The van der Waals surface area contributed by atoms with Crippen LogP contribution in [0.1, 0.15) is 77.3 Å². The van der Waals surface area contributed by atoms with Crippen LogP contribution in [0, 0.1) is 0 Å². The van der Waals surface area contributed by atoms with Crippen molar-refractivity contribution in [2.75, 3.05) is 7.11 Å². The van der Waals surface area contributed by atoms with Crippen LogP contribution in [-0.4, -0.2) is 31.3 Å². The molecule has 1 atom stereocenters. The van der Waals surface area contributed by atoms with Crippen molar-refractivity contribution < 1.29 is 23.8 Å². The van der Waals surface area contributed by atoms with Crippen LogP contribution in [0.3, 0.4) is 0 Å². The molecule has 1 saturated carbocycles. The zero-order valence-corrected chi connectivity index (χ0v) is 19.0. The van der Waals surface area contributed by atoms with Gasteiger partial charge in [0.15, 0.2) is 11.5 Å². The molecular weight excluding hydrogens is 396 g/mol. The molecule has 3 rings (SSSR count). The van der Waals surface area contributed by atoms with Crippen molar-refractivity contribution in [1.82, 2.24) is 10.6 Å². The first kappa shape index (κ1) is 23.0. The lowest BCUT2D eigenvalue weighted by atomic mass is 9.94. The van der Waals surface area contributed by atoms with E-state index in [1.54, 1.807) is 26.2 Å². The molecule has 1 aromatic carbocycles. The van der Waals surface area contributed by atoms with E-state index >= 15 is 0 Å². The van der Waals surface area contributed by atoms with Gasteiger partial charge in [-0.3, -0.25) is 0 Å². The summed E-state index contributed by atoms with van der Waals surface area (Å²) in [6, 6.07) is 4.45. The maximum absolute atomic E-state index is 13.2. The Morgan fingerprint density at radius 3 is 2.39 bits per heavy atom. The molecule has 0 spiro atoms. The topological polar surface area (TPSA) is 85.9 Å². The zero-order chi connectivity index (χ0) is 22.4. The van der Waals surface area contributed by atoms with E-state index < -0.39 is 6.04 Å². The van der Waals surface area contributed by atoms with Crippen molar-refractivity contribution in [3.8, 4) is 11.5 Å². The summed E-state index contributed by atoms with van der Waals surface area (Å²) in [5.74, 6) is 0.771. The molecule has 2 amide bonds. The van der Waals surface area contributed by atoms with E-state index in [0.29, 0.717) is 22.8 Å². The van der Waals surface area contributed by atoms with Gasteiger partial charge in [-0.2, -0.15) is 0 Å².